The van der Waals surface area contributed by atoms with E-state index in [0.29, 0.717) is 6.42 Å². The van der Waals surface area contributed by atoms with Crippen LogP contribution in [-0.4, -0.2) is 16.7 Å². The molecule has 0 bridgehead atoms. The molecular weight excluding hydrogens is 138 g/mol. The van der Waals surface area contributed by atoms with Gasteiger partial charge in [0.15, 0.2) is 0 Å². The number of aliphatic hydroxyl groups is 1. The van der Waals surface area contributed by atoms with Crippen molar-refractivity contribution in [1.29, 1.82) is 0 Å². The van der Waals surface area contributed by atoms with Gasteiger partial charge >= 0.3 is 0 Å². The molecule has 2 nitrogen and oxygen atoms in total. The maximum Gasteiger partial charge on any atom is 0.104 e. The quantitative estimate of drug-likeness (QED) is 0.591. The van der Waals surface area contributed by atoms with Crippen LogP contribution in [-0.2, 0) is 6.42 Å². The van der Waals surface area contributed by atoms with Crippen molar-refractivity contribution in [3.8, 4) is 11.8 Å². The van der Waals surface area contributed by atoms with Gasteiger partial charge in [0.05, 0.1) is 0 Å². The molecule has 0 fully saturated rings. The van der Waals surface area contributed by atoms with Gasteiger partial charge < -0.3 is 5.11 Å². The third-order valence-electron chi connectivity index (χ3n) is 1.25. The van der Waals surface area contributed by atoms with E-state index in [-0.39, 0.29) is 6.61 Å². The SMILES string of the molecule is OCC#CCc1ccncc1. The lowest BCUT2D eigenvalue weighted by Gasteiger charge is -1.89. The maximum atomic E-state index is 8.36. The highest BCUT2D eigenvalue weighted by Gasteiger charge is 1.84. The molecule has 0 amide bonds. The summed E-state index contributed by atoms with van der Waals surface area (Å²) < 4.78 is 0. The van der Waals surface area contributed by atoms with E-state index >= 15 is 0 Å². The number of hydrogen-bond acceptors (Lipinski definition) is 2. The van der Waals surface area contributed by atoms with Crippen molar-refractivity contribution >= 4 is 0 Å². The lowest BCUT2D eigenvalue weighted by molar-refractivity contribution is 0.350. The molecule has 1 aromatic rings. The van der Waals surface area contributed by atoms with E-state index in [9.17, 15) is 0 Å². The summed E-state index contributed by atoms with van der Waals surface area (Å²) in [5.74, 6) is 5.41. The Kier molecular flexibility index (Phi) is 3.17. The number of nitrogens with zero attached hydrogens (tertiary/aromatic N) is 1. The molecule has 56 valence electrons. The third kappa shape index (κ3) is 2.83. The van der Waals surface area contributed by atoms with Gasteiger partial charge in [0, 0.05) is 18.8 Å². The van der Waals surface area contributed by atoms with E-state index in [0.717, 1.165) is 5.56 Å². The molecule has 0 atom stereocenters. The van der Waals surface area contributed by atoms with Crippen LogP contribution in [0.5, 0.6) is 0 Å². The van der Waals surface area contributed by atoms with Gasteiger partial charge in [-0.3, -0.25) is 4.98 Å². The molecule has 1 rings (SSSR count). The zero-order valence-electron chi connectivity index (χ0n) is 6.12. The predicted octanol–water partition coefficient (Wildman–Crippen LogP) is 0.620. The van der Waals surface area contributed by atoms with Crippen molar-refractivity contribution in [2.24, 2.45) is 0 Å². The van der Waals surface area contributed by atoms with Crippen LogP contribution in [0.15, 0.2) is 24.5 Å². The molecule has 2 heteroatoms. The molecule has 0 aliphatic carbocycles. The number of rotatable bonds is 1. The number of aliphatic hydroxyl groups excluding tert-OH is 1. The first-order valence-corrected chi connectivity index (χ1v) is 3.39. The minimum absolute atomic E-state index is 0.0644. The van der Waals surface area contributed by atoms with Gasteiger partial charge in [-0.05, 0) is 17.7 Å². The molecule has 0 aliphatic rings. The third-order valence-corrected chi connectivity index (χ3v) is 1.25. The van der Waals surface area contributed by atoms with Crippen molar-refractivity contribution < 1.29 is 5.11 Å². The summed E-state index contributed by atoms with van der Waals surface area (Å²) in [6, 6.07) is 3.82. The van der Waals surface area contributed by atoms with Gasteiger partial charge in [0.2, 0.25) is 0 Å². The van der Waals surface area contributed by atoms with E-state index in [1.54, 1.807) is 12.4 Å². The smallest absolute Gasteiger partial charge is 0.104 e. The lowest BCUT2D eigenvalue weighted by atomic mass is 10.2. The van der Waals surface area contributed by atoms with Gasteiger partial charge in [-0.15, -0.1) is 0 Å². The van der Waals surface area contributed by atoms with E-state index in [2.05, 4.69) is 16.8 Å². The first kappa shape index (κ1) is 7.77. The Balaban J connectivity index is 2.52. The highest BCUT2D eigenvalue weighted by atomic mass is 16.2. The van der Waals surface area contributed by atoms with Crippen LogP contribution in [0.2, 0.25) is 0 Å². The largest absolute Gasteiger partial charge is 0.384 e. The van der Waals surface area contributed by atoms with Crippen molar-refractivity contribution in [3.63, 3.8) is 0 Å². The second kappa shape index (κ2) is 4.48. The monoisotopic (exact) mass is 147 g/mol. The summed E-state index contributed by atoms with van der Waals surface area (Å²) >= 11 is 0. The number of pyridine rings is 1. The molecule has 0 spiro atoms. The maximum absolute atomic E-state index is 8.36. The Hall–Kier alpha value is -1.33. The Morgan fingerprint density at radius 1 is 1.27 bits per heavy atom. The fraction of sp³-hybridized carbons (Fsp3) is 0.222. The van der Waals surface area contributed by atoms with Gasteiger partial charge in [0.25, 0.3) is 0 Å². The first-order chi connectivity index (χ1) is 5.43. The molecule has 0 saturated carbocycles. The standard InChI is InChI=1S/C9H9NO/c11-8-2-1-3-9-4-6-10-7-5-9/h4-7,11H,3,8H2. The zero-order chi connectivity index (χ0) is 7.94. The molecule has 1 N–H and O–H groups in total. The van der Waals surface area contributed by atoms with Crippen molar-refractivity contribution in [2.75, 3.05) is 6.61 Å². The Morgan fingerprint density at radius 3 is 2.64 bits per heavy atom. The molecule has 1 heterocycles. The topological polar surface area (TPSA) is 33.1 Å². The Labute approximate surface area is 65.9 Å². The minimum atomic E-state index is -0.0644. The molecule has 0 radical (unpaired) electrons. The molecule has 0 unspecified atom stereocenters. The average Bonchev–Trinajstić information content (AvgIpc) is 2.07. The van der Waals surface area contributed by atoms with Crippen LogP contribution < -0.4 is 0 Å². The fourth-order valence-electron chi connectivity index (χ4n) is 0.721. The van der Waals surface area contributed by atoms with E-state index in [1.165, 1.54) is 0 Å². The summed E-state index contributed by atoms with van der Waals surface area (Å²) in [5.41, 5.74) is 1.13. The van der Waals surface area contributed by atoms with Crippen LogP contribution in [0.1, 0.15) is 5.56 Å². The van der Waals surface area contributed by atoms with Crippen LogP contribution in [0.25, 0.3) is 0 Å². The van der Waals surface area contributed by atoms with Crippen LogP contribution in [0.3, 0.4) is 0 Å². The van der Waals surface area contributed by atoms with Crippen LogP contribution in [0, 0.1) is 11.8 Å². The second-order valence-corrected chi connectivity index (χ2v) is 2.04. The lowest BCUT2D eigenvalue weighted by Crippen LogP contribution is -1.81. The number of hydrogen-bond donors (Lipinski definition) is 1. The second-order valence-electron chi connectivity index (χ2n) is 2.04. The first-order valence-electron chi connectivity index (χ1n) is 3.39. The van der Waals surface area contributed by atoms with E-state index < -0.39 is 0 Å². The number of aromatic nitrogens is 1. The summed E-state index contributed by atoms with van der Waals surface area (Å²) in [5, 5.41) is 8.36. The predicted molar refractivity (Wildman–Crippen MR) is 42.8 cm³/mol. The van der Waals surface area contributed by atoms with Gasteiger partial charge in [0.1, 0.15) is 6.61 Å². The zero-order valence-corrected chi connectivity index (χ0v) is 6.12. The van der Waals surface area contributed by atoms with Crippen molar-refractivity contribution in [2.45, 2.75) is 6.42 Å². The van der Waals surface area contributed by atoms with Crippen molar-refractivity contribution in [1.82, 2.24) is 4.98 Å². The Bertz CT molecular complexity index is 258. The minimum Gasteiger partial charge on any atom is -0.384 e. The molecule has 0 saturated heterocycles. The molecule has 11 heavy (non-hydrogen) atoms. The van der Waals surface area contributed by atoms with Gasteiger partial charge in [-0.25, -0.2) is 0 Å². The summed E-state index contributed by atoms with van der Waals surface area (Å²) in [6.07, 6.45) is 4.15. The van der Waals surface area contributed by atoms with Gasteiger partial charge in [-0.1, -0.05) is 11.8 Å². The van der Waals surface area contributed by atoms with E-state index in [4.69, 9.17) is 5.11 Å². The summed E-state index contributed by atoms with van der Waals surface area (Å²) in [7, 11) is 0. The van der Waals surface area contributed by atoms with E-state index in [1.807, 2.05) is 12.1 Å². The van der Waals surface area contributed by atoms with Crippen LogP contribution >= 0.6 is 0 Å². The summed E-state index contributed by atoms with van der Waals surface area (Å²) in [4.78, 5) is 3.88. The fourth-order valence-corrected chi connectivity index (χ4v) is 0.721. The van der Waals surface area contributed by atoms with Gasteiger partial charge in [-0.2, -0.15) is 0 Å². The summed E-state index contributed by atoms with van der Waals surface area (Å²) in [6.45, 7) is -0.0644. The highest BCUT2D eigenvalue weighted by molar-refractivity contribution is 5.17. The molecular formula is C9H9NO. The Morgan fingerprint density at radius 2 is 2.00 bits per heavy atom. The normalized spacial score (nSPS) is 8.45. The molecule has 0 aliphatic heterocycles. The molecule has 1 aromatic heterocycles. The average molecular weight is 147 g/mol. The highest BCUT2D eigenvalue weighted by Crippen LogP contribution is 1.95. The van der Waals surface area contributed by atoms with Crippen molar-refractivity contribution in [3.05, 3.63) is 30.1 Å². The molecule has 0 aromatic carbocycles. The van der Waals surface area contributed by atoms with Crippen LogP contribution in [0.4, 0.5) is 0 Å².